The van der Waals surface area contributed by atoms with Crippen molar-refractivity contribution in [1.29, 1.82) is 5.26 Å². The van der Waals surface area contributed by atoms with Crippen molar-refractivity contribution in [2.75, 3.05) is 18.4 Å². The molecule has 1 amide bonds. The molecule has 2 N–H and O–H groups in total. The molecule has 1 aromatic carbocycles. The van der Waals surface area contributed by atoms with Crippen LogP contribution in [0.4, 0.5) is 18.9 Å². The maximum absolute atomic E-state index is 12.8. The van der Waals surface area contributed by atoms with Crippen LogP contribution in [0.3, 0.4) is 0 Å². The summed E-state index contributed by atoms with van der Waals surface area (Å²) in [6, 6.07) is 4.69. The molecule has 4 nitrogen and oxygen atoms in total. The number of benzene rings is 1. The third-order valence-electron chi connectivity index (χ3n) is 3.42. The van der Waals surface area contributed by atoms with Crippen LogP contribution in [-0.2, 0) is 11.0 Å². The van der Waals surface area contributed by atoms with Crippen molar-refractivity contribution >= 4 is 11.6 Å². The zero-order valence-electron chi connectivity index (χ0n) is 11.1. The summed E-state index contributed by atoms with van der Waals surface area (Å²) in [6.07, 6.45) is -3.30. The van der Waals surface area contributed by atoms with Gasteiger partial charge in [-0.3, -0.25) is 4.79 Å². The van der Waals surface area contributed by atoms with E-state index in [1.807, 2.05) is 0 Å². The Labute approximate surface area is 119 Å². The molecule has 0 atom stereocenters. The first-order chi connectivity index (χ1) is 9.91. The van der Waals surface area contributed by atoms with Gasteiger partial charge in [-0.25, -0.2) is 0 Å². The summed E-state index contributed by atoms with van der Waals surface area (Å²) < 4.78 is 38.5. The van der Waals surface area contributed by atoms with Gasteiger partial charge in [0.1, 0.15) is 0 Å². The standard InChI is InChI=1S/C14H14F3N3O/c15-14(16,17)12-7-11(2-1-10(12)8-18)20-13(21)9-3-5-19-6-4-9/h1-2,7,9,19H,3-6H2,(H,20,21). The number of nitrogens with zero attached hydrogens (tertiary/aromatic N) is 1. The zero-order valence-corrected chi connectivity index (χ0v) is 11.1. The van der Waals surface area contributed by atoms with Crippen LogP contribution in [0.1, 0.15) is 24.0 Å². The van der Waals surface area contributed by atoms with Crippen molar-refractivity contribution < 1.29 is 18.0 Å². The molecule has 1 aromatic rings. The SMILES string of the molecule is N#Cc1ccc(NC(=O)C2CCNCC2)cc1C(F)(F)F. The Morgan fingerprint density at radius 1 is 1.33 bits per heavy atom. The van der Waals surface area contributed by atoms with Crippen LogP contribution in [0.2, 0.25) is 0 Å². The molecular weight excluding hydrogens is 283 g/mol. The third-order valence-corrected chi connectivity index (χ3v) is 3.42. The molecule has 0 aliphatic carbocycles. The van der Waals surface area contributed by atoms with Crippen molar-refractivity contribution in [2.24, 2.45) is 5.92 Å². The van der Waals surface area contributed by atoms with Gasteiger partial charge >= 0.3 is 6.18 Å². The first kappa shape index (κ1) is 15.3. The summed E-state index contributed by atoms with van der Waals surface area (Å²) in [7, 11) is 0. The molecule has 1 fully saturated rings. The molecule has 7 heteroatoms. The Balaban J connectivity index is 2.17. The van der Waals surface area contributed by atoms with Crippen LogP contribution in [0.25, 0.3) is 0 Å². The van der Waals surface area contributed by atoms with E-state index in [0.29, 0.717) is 12.8 Å². The molecule has 1 heterocycles. The summed E-state index contributed by atoms with van der Waals surface area (Å²) in [5, 5.41) is 14.3. The lowest BCUT2D eigenvalue weighted by Gasteiger charge is -2.22. The van der Waals surface area contributed by atoms with Gasteiger partial charge in [0.2, 0.25) is 5.91 Å². The summed E-state index contributed by atoms with van der Waals surface area (Å²) in [5.74, 6) is -0.481. The van der Waals surface area contributed by atoms with Gasteiger partial charge in [-0.15, -0.1) is 0 Å². The summed E-state index contributed by atoms with van der Waals surface area (Å²) in [4.78, 5) is 12.0. The Bertz CT molecular complexity index is 572. The van der Waals surface area contributed by atoms with Gasteiger partial charge in [0, 0.05) is 11.6 Å². The lowest BCUT2D eigenvalue weighted by Crippen LogP contribution is -2.34. The number of alkyl halides is 3. The Hall–Kier alpha value is -2.07. The zero-order chi connectivity index (χ0) is 15.5. The van der Waals surface area contributed by atoms with Crippen LogP contribution in [0.15, 0.2) is 18.2 Å². The number of rotatable bonds is 2. The van der Waals surface area contributed by atoms with E-state index in [4.69, 9.17) is 5.26 Å². The first-order valence-corrected chi connectivity index (χ1v) is 6.54. The van der Waals surface area contributed by atoms with Crippen LogP contribution < -0.4 is 10.6 Å². The van der Waals surface area contributed by atoms with Crippen molar-refractivity contribution in [1.82, 2.24) is 5.32 Å². The second-order valence-corrected chi connectivity index (χ2v) is 4.88. The monoisotopic (exact) mass is 297 g/mol. The number of nitriles is 1. The quantitative estimate of drug-likeness (QED) is 0.881. The largest absolute Gasteiger partial charge is 0.417 e. The second kappa shape index (κ2) is 6.14. The number of hydrogen-bond acceptors (Lipinski definition) is 3. The third kappa shape index (κ3) is 3.73. The van der Waals surface area contributed by atoms with E-state index in [9.17, 15) is 18.0 Å². The number of carbonyl (C=O) groups excluding carboxylic acids is 1. The number of amides is 1. The van der Waals surface area contributed by atoms with Gasteiger partial charge in [-0.2, -0.15) is 18.4 Å². The van der Waals surface area contributed by atoms with Crippen molar-refractivity contribution in [2.45, 2.75) is 19.0 Å². The highest BCUT2D eigenvalue weighted by Crippen LogP contribution is 2.33. The van der Waals surface area contributed by atoms with E-state index in [0.717, 1.165) is 25.2 Å². The van der Waals surface area contributed by atoms with E-state index in [2.05, 4.69) is 10.6 Å². The molecule has 21 heavy (non-hydrogen) atoms. The number of piperidine rings is 1. The minimum atomic E-state index is -4.62. The highest BCUT2D eigenvalue weighted by molar-refractivity contribution is 5.92. The lowest BCUT2D eigenvalue weighted by atomic mass is 9.97. The molecular formula is C14H14F3N3O. The van der Waals surface area contributed by atoms with Crippen LogP contribution >= 0.6 is 0 Å². The topological polar surface area (TPSA) is 64.9 Å². The number of halogens is 3. The van der Waals surface area contributed by atoms with Gasteiger partial charge in [0.15, 0.2) is 0 Å². The molecule has 0 bridgehead atoms. The van der Waals surface area contributed by atoms with E-state index < -0.39 is 17.3 Å². The van der Waals surface area contributed by atoms with Gasteiger partial charge < -0.3 is 10.6 Å². The molecule has 0 radical (unpaired) electrons. The molecule has 1 aliphatic rings. The maximum Gasteiger partial charge on any atom is 0.417 e. The highest BCUT2D eigenvalue weighted by atomic mass is 19.4. The molecule has 0 aromatic heterocycles. The summed E-state index contributed by atoms with van der Waals surface area (Å²) >= 11 is 0. The maximum atomic E-state index is 12.8. The summed E-state index contributed by atoms with van der Waals surface area (Å²) in [5.41, 5.74) is -1.43. The van der Waals surface area contributed by atoms with E-state index in [-0.39, 0.29) is 17.5 Å². The number of nitrogens with one attached hydrogen (secondary N) is 2. The summed E-state index contributed by atoms with van der Waals surface area (Å²) in [6.45, 7) is 1.44. The number of anilines is 1. The van der Waals surface area contributed by atoms with Gasteiger partial charge in [-0.1, -0.05) is 0 Å². The fourth-order valence-electron chi connectivity index (χ4n) is 2.28. The van der Waals surface area contributed by atoms with E-state index in [1.165, 1.54) is 12.1 Å². The van der Waals surface area contributed by atoms with Gasteiger partial charge in [-0.05, 0) is 44.1 Å². The van der Waals surface area contributed by atoms with Gasteiger partial charge in [0.25, 0.3) is 0 Å². The fourth-order valence-corrected chi connectivity index (χ4v) is 2.28. The van der Waals surface area contributed by atoms with Crippen LogP contribution in [-0.4, -0.2) is 19.0 Å². The molecule has 0 unspecified atom stereocenters. The van der Waals surface area contributed by atoms with Crippen molar-refractivity contribution in [3.63, 3.8) is 0 Å². The fraction of sp³-hybridized carbons (Fsp3) is 0.429. The molecule has 1 aliphatic heterocycles. The molecule has 1 saturated heterocycles. The van der Waals surface area contributed by atoms with Crippen molar-refractivity contribution in [3.05, 3.63) is 29.3 Å². The first-order valence-electron chi connectivity index (χ1n) is 6.54. The lowest BCUT2D eigenvalue weighted by molar-refractivity contribution is -0.137. The predicted molar refractivity (Wildman–Crippen MR) is 70.4 cm³/mol. The van der Waals surface area contributed by atoms with Crippen LogP contribution in [0, 0.1) is 17.2 Å². The highest BCUT2D eigenvalue weighted by Gasteiger charge is 2.34. The Morgan fingerprint density at radius 3 is 2.57 bits per heavy atom. The van der Waals surface area contributed by atoms with Gasteiger partial charge in [0.05, 0.1) is 17.2 Å². The smallest absolute Gasteiger partial charge is 0.326 e. The van der Waals surface area contributed by atoms with Crippen molar-refractivity contribution in [3.8, 4) is 6.07 Å². The predicted octanol–water partition coefficient (Wildman–Crippen LogP) is 2.52. The molecule has 0 saturated carbocycles. The van der Waals surface area contributed by atoms with E-state index in [1.54, 1.807) is 0 Å². The van der Waals surface area contributed by atoms with E-state index >= 15 is 0 Å². The molecule has 2 rings (SSSR count). The minimum Gasteiger partial charge on any atom is -0.326 e. The Morgan fingerprint density at radius 2 is 2.00 bits per heavy atom. The molecule has 112 valence electrons. The number of hydrogen-bond donors (Lipinski definition) is 2. The minimum absolute atomic E-state index is 0.0601. The second-order valence-electron chi connectivity index (χ2n) is 4.88. The molecule has 0 spiro atoms. The average molecular weight is 297 g/mol. The number of carbonyl (C=O) groups is 1. The normalized spacial score (nSPS) is 16.3. The average Bonchev–Trinajstić information content (AvgIpc) is 2.47. The Kier molecular flexibility index (Phi) is 4.48. The van der Waals surface area contributed by atoms with Crippen LogP contribution in [0.5, 0.6) is 0 Å².